The Morgan fingerprint density at radius 2 is 2.15 bits per heavy atom. The van der Waals surface area contributed by atoms with Crippen molar-refractivity contribution in [2.75, 3.05) is 11.8 Å². The van der Waals surface area contributed by atoms with Crippen LogP contribution in [-0.4, -0.2) is 25.5 Å². The van der Waals surface area contributed by atoms with Crippen LogP contribution < -0.4 is 9.46 Å². The first kappa shape index (κ1) is 15.0. The van der Waals surface area contributed by atoms with Gasteiger partial charge in [0, 0.05) is 16.9 Å². The number of pyridine rings is 2. The van der Waals surface area contributed by atoms with E-state index in [1.807, 2.05) is 0 Å². The summed E-state index contributed by atoms with van der Waals surface area (Å²) in [6.07, 6.45) is 2.90. The van der Waals surface area contributed by atoms with E-state index in [2.05, 4.69) is 30.6 Å². The van der Waals surface area contributed by atoms with Gasteiger partial charge in [-0.25, -0.2) is 18.4 Å². The third-order valence-electron chi connectivity index (χ3n) is 2.27. The fraction of sp³-hybridized carbons (Fsp3) is 0.0909. The molecule has 0 aliphatic rings. The minimum Gasteiger partial charge on any atom is -0.480 e. The molecule has 0 saturated heterocycles. The van der Waals surface area contributed by atoms with Gasteiger partial charge in [-0.15, -0.1) is 0 Å². The molecule has 2 aromatic heterocycles. The molecular weight excluding hydrogens is 370 g/mol. The summed E-state index contributed by atoms with van der Waals surface area (Å²) in [4.78, 5) is 7.55. The fourth-order valence-corrected chi connectivity index (χ4v) is 3.43. The first-order valence-electron chi connectivity index (χ1n) is 5.27. The number of rotatable bonds is 4. The first-order chi connectivity index (χ1) is 9.44. The molecule has 0 saturated carbocycles. The predicted molar refractivity (Wildman–Crippen MR) is 78.5 cm³/mol. The van der Waals surface area contributed by atoms with Crippen molar-refractivity contribution in [3.8, 4) is 5.88 Å². The Labute approximate surface area is 129 Å². The summed E-state index contributed by atoms with van der Waals surface area (Å²) < 4.78 is 32.5. The highest BCUT2D eigenvalue weighted by Crippen LogP contribution is 2.27. The van der Waals surface area contributed by atoms with Gasteiger partial charge in [0.25, 0.3) is 10.0 Å². The van der Waals surface area contributed by atoms with Crippen molar-refractivity contribution in [1.29, 1.82) is 0 Å². The Kier molecular flexibility index (Phi) is 4.46. The summed E-state index contributed by atoms with van der Waals surface area (Å²) in [5.41, 5.74) is 0.214. The summed E-state index contributed by atoms with van der Waals surface area (Å²) in [6.45, 7) is 0. The van der Waals surface area contributed by atoms with E-state index >= 15 is 0 Å². The van der Waals surface area contributed by atoms with Crippen molar-refractivity contribution in [3.05, 3.63) is 40.2 Å². The number of anilines is 1. The Balaban J connectivity index is 2.43. The molecule has 0 atom stereocenters. The molecule has 1 N–H and O–H groups in total. The minimum atomic E-state index is -3.89. The van der Waals surface area contributed by atoms with Crippen LogP contribution in [0.15, 0.2) is 40.0 Å². The molecule has 6 nitrogen and oxygen atoms in total. The molecule has 0 unspecified atom stereocenters. The molecule has 0 radical (unpaired) electrons. The predicted octanol–water partition coefficient (Wildman–Crippen LogP) is 2.70. The van der Waals surface area contributed by atoms with Crippen LogP contribution in [-0.2, 0) is 10.0 Å². The van der Waals surface area contributed by atoms with Crippen molar-refractivity contribution in [2.45, 2.75) is 4.90 Å². The van der Waals surface area contributed by atoms with Crippen molar-refractivity contribution in [2.24, 2.45) is 0 Å². The van der Waals surface area contributed by atoms with Crippen LogP contribution in [0.25, 0.3) is 0 Å². The number of halogens is 2. The number of ether oxygens (including phenoxy) is 1. The molecule has 2 heterocycles. The van der Waals surface area contributed by atoms with Gasteiger partial charge in [-0.2, -0.15) is 0 Å². The van der Waals surface area contributed by atoms with Crippen molar-refractivity contribution in [3.63, 3.8) is 0 Å². The zero-order valence-electron chi connectivity index (χ0n) is 10.2. The molecule has 0 amide bonds. The molecule has 0 spiro atoms. The lowest BCUT2D eigenvalue weighted by Crippen LogP contribution is -2.15. The van der Waals surface area contributed by atoms with Crippen LogP contribution in [0.3, 0.4) is 0 Å². The second-order valence-corrected chi connectivity index (χ2v) is 6.53. The summed E-state index contributed by atoms with van der Waals surface area (Å²) in [7, 11) is -2.50. The van der Waals surface area contributed by atoms with Crippen molar-refractivity contribution < 1.29 is 13.2 Å². The molecule has 0 fully saturated rings. The van der Waals surface area contributed by atoms with Crippen LogP contribution in [0.2, 0.25) is 5.15 Å². The van der Waals surface area contributed by atoms with Gasteiger partial charge in [-0.3, -0.25) is 4.72 Å². The number of aromatic nitrogens is 2. The average Bonchev–Trinajstić information content (AvgIpc) is 2.41. The molecule has 106 valence electrons. The van der Waals surface area contributed by atoms with Crippen LogP contribution in [0.1, 0.15) is 0 Å². The third-order valence-corrected chi connectivity index (χ3v) is 4.50. The summed E-state index contributed by atoms with van der Waals surface area (Å²) in [5, 5.41) is -0.122. The number of sulfonamides is 1. The lowest BCUT2D eigenvalue weighted by atomic mass is 10.4. The standard InChI is InChI=1S/C11H9BrClN3O3S/c1-19-11-8(3-2-4-14-11)16-20(17,18)9-5-7(12)6-15-10(9)13/h2-6,16H,1H3. The number of hydrogen-bond donors (Lipinski definition) is 1. The van der Waals surface area contributed by atoms with Crippen LogP contribution in [0, 0.1) is 0 Å². The monoisotopic (exact) mass is 377 g/mol. The van der Waals surface area contributed by atoms with E-state index in [4.69, 9.17) is 16.3 Å². The van der Waals surface area contributed by atoms with Crippen molar-refractivity contribution >= 4 is 43.2 Å². The topological polar surface area (TPSA) is 81.2 Å². The Morgan fingerprint density at radius 1 is 1.40 bits per heavy atom. The van der Waals surface area contributed by atoms with Gasteiger partial charge in [0.2, 0.25) is 5.88 Å². The van der Waals surface area contributed by atoms with E-state index in [0.29, 0.717) is 4.47 Å². The molecule has 20 heavy (non-hydrogen) atoms. The molecule has 0 aliphatic carbocycles. The second kappa shape index (κ2) is 5.94. The summed E-state index contributed by atoms with van der Waals surface area (Å²) >= 11 is 8.97. The maximum absolute atomic E-state index is 12.3. The normalized spacial score (nSPS) is 11.2. The largest absolute Gasteiger partial charge is 0.480 e. The smallest absolute Gasteiger partial charge is 0.265 e. The average molecular weight is 379 g/mol. The van der Waals surface area contributed by atoms with Gasteiger partial charge in [-0.05, 0) is 34.1 Å². The minimum absolute atomic E-state index is 0.122. The number of nitrogens with one attached hydrogen (secondary N) is 1. The maximum atomic E-state index is 12.3. The Hall–Kier alpha value is -1.38. The maximum Gasteiger partial charge on any atom is 0.265 e. The molecule has 0 aromatic carbocycles. The van der Waals surface area contributed by atoms with Gasteiger partial charge >= 0.3 is 0 Å². The summed E-state index contributed by atoms with van der Waals surface area (Å²) in [6, 6.07) is 4.48. The van der Waals surface area contributed by atoms with E-state index < -0.39 is 10.0 Å². The van der Waals surface area contributed by atoms with E-state index in [0.717, 1.165) is 0 Å². The second-order valence-electron chi connectivity index (χ2n) is 3.61. The van der Waals surface area contributed by atoms with Gasteiger partial charge in [0.1, 0.15) is 15.7 Å². The SMILES string of the molecule is COc1ncccc1NS(=O)(=O)c1cc(Br)cnc1Cl. The number of methoxy groups -OCH3 is 1. The van der Waals surface area contributed by atoms with E-state index in [1.54, 1.807) is 6.07 Å². The van der Waals surface area contributed by atoms with E-state index in [1.165, 1.54) is 31.6 Å². The first-order valence-corrected chi connectivity index (χ1v) is 7.92. The molecular formula is C11H9BrClN3O3S. The van der Waals surface area contributed by atoms with Crippen LogP contribution in [0.4, 0.5) is 5.69 Å². The van der Waals surface area contributed by atoms with Crippen LogP contribution in [0.5, 0.6) is 5.88 Å². The van der Waals surface area contributed by atoms with Gasteiger partial charge in [0.15, 0.2) is 0 Å². The van der Waals surface area contributed by atoms with Gasteiger partial charge in [-0.1, -0.05) is 11.6 Å². The lowest BCUT2D eigenvalue weighted by molar-refractivity contribution is 0.400. The van der Waals surface area contributed by atoms with Gasteiger partial charge < -0.3 is 4.74 Å². The highest BCUT2D eigenvalue weighted by molar-refractivity contribution is 9.10. The Bertz CT molecular complexity index is 739. The van der Waals surface area contributed by atoms with Gasteiger partial charge in [0.05, 0.1) is 7.11 Å². The van der Waals surface area contributed by atoms with E-state index in [9.17, 15) is 8.42 Å². The van der Waals surface area contributed by atoms with Crippen LogP contribution >= 0.6 is 27.5 Å². The lowest BCUT2D eigenvalue weighted by Gasteiger charge is -2.11. The molecule has 0 aliphatic heterocycles. The molecule has 2 rings (SSSR count). The third kappa shape index (κ3) is 3.20. The fourth-order valence-electron chi connectivity index (χ4n) is 1.42. The van der Waals surface area contributed by atoms with Crippen molar-refractivity contribution in [1.82, 2.24) is 9.97 Å². The number of nitrogens with zero attached hydrogens (tertiary/aromatic N) is 2. The van der Waals surface area contributed by atoms with E-state index in [-0.39, 0.29) is 21.6 Å². The quantitative estimate of drug-likeness (QED) is 0.827. The number of hydrogen-bond acceptors (Lipinski definition) is 5. The summed E-state index contributed by atoms with van der Waals surface area (Å²) in [5.74, 6) is 0.162. The zero-order chi connectivity index (χ0) is 14.8. The highest BCUT2D eigenvalue weighted by atomic mass is 79.9. The highest BCUT2D eigenvalue weighted by Gasteiger charge is 2.21. The Morgan fingerprint density at radius 3 is 2.85 bits per heavy atom. The molecule has 0 bridgehead atoms. The zero-order valence-corrected chi connectivity index (χ0v) is 13.3. The molecule has 2 aromatic rings. The molecule has 9 heteroatoms.